The van der Waals surface area contributed by atoms with Gasteiger partial charge in [-0.25, -0.2) is 0 Å². The number of aromatic nitrogens is 2. The van der Waals surface area contributed by atoms with Crippen molar-refractivity contribution in [2.75, 3.05) is 7.05 Å². The maximum Gasteiger partial charge on any atom is 0.249 e. The van der Waals surface area contributed by atoms with Crippen LogP contribution in [-0.2, 0) is 4.79 Å². The molecule has 1 saturated carbocycles. The van der Waals surface area contributed by atoms with Crippen LogP contribution in [0.4, 0.5) is 0 Å². The predicted octanol–water partition coefficient (Wildman–Crippen LogP) is 3.36. The summed E-state index contributed by atoms with van der Waals surface area (Å²) in [5.74, 6) is 1.99. The van der Waals surface area contributed by atoms with Crippen molar-refractivity contribution in [2.24, 2.45) is 17.3 Å². The summed E-state index contributed by atoms with van der Waals surface area (Å²) >= 11 is 0. The van der Waals surface area contributed by atoms with Gasteiger partial charge < -0.3 is 9.42 Å². The van der Waals surface area contributed by atoms with Gasteiger partial charge in [-0.2, -0.15) is 4.98 Å². The van der Waals surface area contributed by atoms with Crippen molar-refractivity contribution in [3.8, 4) is 0 Å². The van der Waals surface area contributed by atoms with Crippen molar-refractivity contribution in [3.63, 3.8) is 0 Å². The predicted molar refractivity (Wildman–Crippen MR) is 80.5 cm³/mol. The number of aryl methyl sites for hydroxylation is 1. The third kappa shape index (κ3) is 3.63. The molecule has 1 aromatic heterocycles. The largest absolute Gasteiger partial charge is 0.337 e. The van der Waals surface area contributed by atoms with Crippen molar-refractivity contribution in [1.29, 1.82) is 0 Å². The van der Waals surface area contributed by atoms with E-state index in [1.54, 1.807) is 11.8 Å². The van der Waals surface area contributed by atoms with Crippen molar-refractivity contribution < 1.29 is 9.32 Å². The first-order chi connectivity index (χ1) is 9.69. The van der Waals surface area contributed by atoms with Crippen LogP contribution in [0.3, 0.4) is 0 Å². The molecule has 2 rings (SSSR count). The first-order valence-electron chi connectivity index (χ1n) is 7.76. The van der Waals surface area contributed by atoms with Gasteiger partial charge in [0.05, 0.1) is 0 Å². The Labute approximate surface area is 127 Å². The average Bonchev–Trinajstić information content (AvgIpc) is 2.80. The summed E-state index contributed by atoms with van der Waals surface area (Å²) < 4.78 is 5.19. The van der Waals surface area contributed by atoms with E-state index in [4.69, 9.17) is 4.52 Å². The number of amides is 1. The molecule has 1 amide bonds. The highest BCUT2D eigenvalue weighted by atomic mass is 16.5. The summed E-state index contributed by atoms with van der Waals surface area (Å²) in [7, 11) is 1.83. The Hall–Kier alpha value is -1.39. The first-order valence-corrected chi connectivity index (χ1v) is 7.76. The lowest BCUT2D eigenvalue weighted by Crippen LogP contribution is -2.40. The summed E-state index contributed by atoms with van der Waals surface area (Å²) in [6.07, 6.45) is 3.12. The molecule has 21 heavy (non-hydrogen) atoms. The SMILES string of the molecule is Cc1noc(C(C)N(C)C(=O)C2CC(C)CC(C)(C)C2)n1. The maximum atomic E-state index is 12.8. The van der Waals surface area contributed by atoms with E-state index >= 15 is 0 Å². The molecule has 3 unspecified atom stereocenters. The Kier molecular flexibility index (Phi) is 4.40. The summed E-state index contributed by atoms with van der Waals surface area (Å²) in [6, 6.07) is -0.181. The second kappa shape index (κ2) is 5.78. The fraction of sp³-hybridized carbons (Fsp3) is 0.812. The van der Waals surface area contributed by atoms with Crippen molar-refractivity contribution >= 4 is 5.91 Å². The molecule has 118 valence electrons. The molecular weight excluding hydrogens is 266 g/mol. The quantitative estimate of drug-likeness (QED) is 0.857. The van der Waals surface area contributed by atoms with Gasteiger partial charge in [0.15, 0.2) is 5.82 Å². The van der Waals surface area contributed by atoms with Crippen LogP contribution in [0, 0.1) is 24.2 Å². The number of rotatable bonds is 3. The molecule has 0 aromatic carbocycles. The van der Waals surface area contributed by atoms with Crippen molar-refractivity contribution in [3.05, 3.63) is 11.7 Å². The van der Waals surface area contributed by atoms with Crippen LogP contribution >= 0.6 is 0 Å². The standard InChI is InChI=1S/C16H27N3O2/c1-10-7-13(9-16(4,5)8-10)15(20)19(6)11(2)14-17-12(3)18-21-14/h10-11,13H,7-9H2,1-6H3. The summed E-state index contributed by atoms with van der Waals surface area (Å²) in [5.41, 5.74) is 0.239. The first kappa shape index (κ1) is 16.0. The maximum absolute atomic E-state index is 12.8. The van der Waals surface area contributed by atoms with Gasteiger partial charge in [0, 0.05) is 13.0 Å². The zero-order chi connectivity index (χ0) is 15.8. The number of carbonyl (C=O) groups is 1. The van der Waals surface area contributed by atoms with Gasteiger partial charge in [0.25, 0.3) is 0 Å². The number of hydrogen-bond donors (Lipinski definition) is 0. The van der Waals surface area contributed by atoms with E-state index in [-0.39, 0.29) is 23.3 Å². The summed E-state index contributed by atoms with van der Waals surface area (Å²) in [4.78, 5) is 18.8. The molecule has 0 saturated heterocycles. The van der Waals surface area contributed by atoms with Crippen LogP contribution in [0.1, 0.15) is 64.7 Å². The molecule has 0 aliphatic heterocycles. The van der Waals surface area contributed by atoms with Gasteiger partial charge >= 0.3 is 0 Å². The Morgan fingerprint density at radius 1 is 1.43 bits per heavy atom. The van der Waals surface area contributed by atoms with E-state index in [0.717, 1.165) is 12.8 Å². The Morgan fingerprint density at radius 2 is 2.10 bits per heavy atom. The average molecular weight is 293 g/mol. The van der Waals surface area contributed by atoms with Gasteiger partial charge in [-0.1, -0.05) is 25.9 Å². The minimum Gasteiger partial charge on any atom is -0.337 e. The monoisotopic (exact) mass is 293 g/mol. The second-order valence-corrected chi connectivity index (χ2v) is 7.42. The van der Waals surface area contributed by atoms with E-state index in [0.29, 0.717) is 17.6 Å². The third-order valence-corrected chi connectivity index (χ3v) is 4.57. The summed E-state index contributed by atoms with van der Waals surface area (Å²) in [5, 5.41) is 3.80. The topological polar surface area (TPSA) is 59.2 Å². The highest BCUT2D eigenvalue weighted by Crippen LogP contribution is 2.42. The molecule has 5 heteroatoms. The lowest BCUT2D eigenvalue weighted by Gasteiger charge is -2.40. The lowest BCUT2D eigenvalue weighted by molar-refractivity contribution is -0.139. The van der Waals surface area contributed by atoms with E-state index < -0.39 is 0 Å². The molecule has 0 N–H and O–H groups in total. The van der Waals surface area contributed by atoms with Crippen LogP contribution in [0.25, 0.3) is 0 Å². The fourth-order valence-corrected chi connectivity index (χ4v) is 3.66. The van der Waals surface area contributed by atoms with E-state index in [1.807, 2.05) is 14.0 Å². The molecule has 0 bridgehead atoms. The molecule has 1 heterocycles. The number of carbonyl (C=O) groups excluding carboxylic acids is 1. The van der Waals surface area contributed by atoms with Crippen LogP contribution < -0.4 is 0 Å². The Morgan fingerprint density at radius 3 is 2.62 bits per heavy atom. The zero-order valence-electron chi connectivity index (χ0n) is 14.0. The normalized spacial score (nSPS) is 26.4. The fourth-order valence-electron chi connectivity index (χ4n) is 3.66. The molecule has 5 nitrogen and oxygen atoms in total. The highest BCUT2D eigenvalue weighted by molar-refractivity contribution is 5.79. The van der Waals surface area contributed by atoms with Gasteiger partial charge in [-0.05, 0) is 44.4 Å². The smallest absolute Gasteiger partial charge is 0.249 e. The molecule has 1 aromatic rings. The highest BCUT2D eigenvalue weighted by Gasteiger charge is 2.38. The Bertz CT molecular complexity index is 509. The third-order valence-electron chi connectivity index (χ3n) is 4.57. The van der Waals surface area contributed by atoms with Gasteiger partial charge in [-0.3, -0.25) is 4.79 Å². The van der Waals surface area contributed by atoms with Crippen LogP contribution in [0.5, 0.6) is 0 Å². The molecule has 1 fully saturated rings. The molecule has 3 atom stereocenters. The van der Waals surface area contributed by atoms with Gasteiger partial charge in [0.2, 0.25) is 11.8 Å². The van der Waals surface area contributed by atoms with Crippen molar-refractivity contribution in [2.45, 2.75) is 59.9 Å². The van der Waals surface area contributed by atoms with Crippen molar-refractivity contribution in [1.82, 2.24) is 15.0 Å². The van der Waals surface area contributed by atoms with Gasteiger partial charge in [-0.15, -0.1) is 0 Å². The molecule has 0 radical (unpaired) electrons. The molecule has 1 aliphatic carbocycles. The molecule has 1 aliphatic rings. The number of hydrogen-bond acceptors (Lipinski definition) is 4. The molecular formula is C16H27N3O2. The van der Waals surface area contributed by atoms with Gasteiger partial charge in [0.1, 0.15) is 6.04 Å². The molecule has 0 spiro atoms. The number of nitrogens with zero attached hydrogens (tertiary/aromatic N) is 3. The van der Waals surface area contributed by atoms with E-state index in [9.17, 15) is 4.79 Å². The minimum absolute atomic E-state index is 0.0974. The zero-order valence-corrected chi connectivity index (χ0v) is 14.0. The lowest BCUT2D eigenvalue weighted by atomic mass is 9.67. The van der Waals surface area contributed by atoms with Crippen LogP contribution in [0.2, 0.25) is 0 Å². The minimum atomic E-state index is -0.181. The van der Waals surface area contributed by atoms with Crippen LogP contribution in [0.15, 0.2) is 4.52 Å². The summed E-state index contributed by atoms with van der Waals surface area (Å²) in [6.45, 7) is 10.5. The van der Waals surface area contributed by atoms with Crippen LogP contribution in [-0.4, -0.2) is 28.0 Å². The van der Waals surface area contributed by atoms with E-state index in [1.165, 1.54) is 6.42 Å². The second-order valence-electron chi connectivity index (χ2n) is 7.42. The van der Waals surface area contributed by atoms with E-state index in [2.05, 4.69) is 30.9 Å². The Balaban J connectivity index is 2.08.